The third-order valence-corrected chi connectivity index (χ3v) is 7.38. The van der Waals surface area contributed by atoms with Gasteiger partial charge in [0.25, 0.3) is 0 Å². The van der Waals surface area contributed by atoms with Crippen LogP contribution in [-0.2, 0) is 30.5 Å². The van der Waals surface area contributed by atoms with Gasteiger partial charge in [0.1, 0.15) is 30.8 Å². The number of guanidine groups is 1. The van der Waals surface area contributed by atoms with Crippen molar-refractivity contribution >= 4 is 52.3 Å². The lowest BCUT2D eigenvalue weighted by Crippen LogP contribution is -2.55. The van der Waals surface area contributed by atoms with Gasteiger partial charge in [0.05, 0.1) is 6.54 Å². The van der Waals surface area contributed by atoms with E-state index < -0.39 is 60.5 Å². The van der Waals surface area contributed by atoms with Crippen molar-refractivity contribution in [3.63, 3.8) is 0 Å². The first-order valence-corrected chi connectivity index (χ1v) is 16.0. The number of amides is 5. The maximum atomic E-state index is 13.5. The molecular formula is C34H44N8O8. The van der Waals surface area contributed by atoms with Crippen LogP contribution in [0.3, 0.4) is 0 Å². The Morgan fingerprint density at radius 2 is 1.66 bits per heavy atom. The lowest BCUT2D eigenvalue weighted by atomic mass is 10.0. The van der Waals surface area contributed by atoms with E-state index in [4.69, 9.17) is 26.4 Å². The molecule has 2 aromatic carbocycles. The summed E-state index contributed by atoms with van der Waals surface area (Å²) in [5.74, 6) is -3.06. The predicted octanol–water partition coefficient (Wildman–Crippen LogP) is 0.915. The smallest absolute Gasteiger partial charge is 0.408 e. The number of nitrogens with one attached hydrogen (secondary N) is 3. The average molecular weight is 693 g/mol. The standard InChI is InChI=1S/C34H44N8O8/c1-20(2)14-26(41-34(48)49-19-22-8-5-4-6-9-22)32(47)40-25(10-7-13-38-33(36)37)31(46)39-17-29(44)42(18-28(35)43)23-11-12-24-21(3)15-30(45)50-27(24)16-23/h4-6,8-9,11-12,15-16,20,25-26H,7,10,13-14,17-19H2,1-3H3,(H2,35,43)(H,39,46)(H,40,47)(H,41,48)(H4,36,37,38)/t25-,26-/m0/s1. The van der Waals surface area contributed by atoms with Gasteiger partial charge < -0.3 is 47.2 Å². The lowest BCUT2D eigenvalue weighted by molar-refractivity contribution is -0.131. The van der Waals surface area contributed by atoms with Crippen LogP contribution in [0.4, 0.5) is 10.5 Å². The highest BCUT2D eigenvalue weighted by Gasteiger charge is 2.29. The number of anilines is 1. The van der Waals surface area contributed by atoms with Gasteiger partial charge in [-0.2, -0.15) is 0 Å². The first-order valence-electron chi connectivity index (χ1n) is 16.0. The summed E-state index contributed by atoms with van der Waals surface area (Å²) in [5.41, 5.74) is 17.5. The van der Waals surface area contributed by atoms with E-state index in [1.165, 1.54) is 12.1 Å². The SMILES string of the molecule is Cc1cc(=O)oc2cc(N(CC(N)=O)C(=O)CNC(=O)[C@H](CCCN=C(N)N)NC(=O)[C@H](CC(C)C)NC(=O)OCc3ccccc3)ccc12. The second kappa shape index (κ2) is 18.6. The van der Waals surface area contributed by atoms with Crippen LogP contribution in [0.25, 0.3) is 11.0 Å². The highest BCUT2D eigenvalue weighted by atomic mass is 16.5. The molecule has 0 bridgehead atoms. The molecule has 3 rings (SSSR count). The fourth-order valence-electron chi connectivity index (χ4n) is 5.00. The third kappa shape index (κ3) is 12.3. The van der Waals surface area contributed by atoms with Gasteiger partial charge in [0.15, 0.2) is 5.96 Å². The van der Waals surface area contributed by atoms with Crippen LogP contribution < -0.4 is 43.7 Å². The fraction of sp³-hybridized carbons (Fsp3) is 0.382. The van der Waals surface area contributed by atoms with E-state index in [9.17, 15) is 28.8 Å². The first-order chi connectivity index (χ1) is 23.7. The molecule has 0 aliphatic heterocycles. The Balaban J connectivity index is 1.74. The number of hydrogen-bond acceptors (Lipinski definition) is 9. The molecule has 0 saturated carbocycles. The number of aliphatic imine (C=N–C) groups is 1. The molecule has 0 fully saturated rings. The van der Waals surface area contributed by atoms with Crippen molar-refractivity contribution in [3.8, 4) is 0 Å². The molecule has 16 heteroatoms. The van der Waals surface area contributed by atoms with Crippen molar-refractivity contribution in [1.29, 1.82) is 0 Å². The summed E-state index contributed by atoms with van der Waals surface area (Å²) in [7, 11) is 0. The monoisotopic (exact) mass is 692 g/mol. The number of nitrogens with two attached hydrogens (primary N) is 3. The van der Waals surface area contributed by atoms with Gasteiger partial charge in [-0.05, 0) is 55.4 Å². The van der Waals surface area contributed by atoms with Gasteiger partial charge in [0.2, 0.25) is 23.6 Å². The van der Waals surface area contributed by atoms with Crippen LogP contribution in [0, 0.1) is 12.8 Å². The van der Waals surface area contributed by atoms with Crippen molar-refractivity contribution < 1.29 is 33.1 Å². The molecule has 0 unspecified atom stereocenters. The molecule has 1 heterocycles. The van der Waals surface area contributed by atoms with Gasteiger partial charge in [0, 0.05) is 29.8 Å². The number of hydrogen-bond donors (Lipinski definition) is 6. The maximum Gasteiger partial charge on any atom is 0.408 e. The quantitative estimate of drug-likeness (QED) is 0.0505. The minimum atomic E-state index is -1.16. The number of benzene rings is 2. The molecule has 268 valence electrons. The van der Waals surface area contributed by atoms with Crippen molar-refractivity contribution in [2.75, 3.05) is 24.5 Å². The van der Waals surface area contributed by atoms with E-state index in [1.54, 1.807) is 43.3 Å². The molecule has 3 aromatic rings. The zero-order valence-corrected chi connectivity index (χ0v) is 28.3. The number of primary amides is 1. The molecule has 9 N–H and O–H groups in total. The summed E-state index contributed by atoms with van der Waals surface area (Å²) >= 11 is 0. The zero-order valence-electron chi connectivity index (χ0n) is 28.3. The van der Waals surface area contributed by atoms with E-state index in [-0.39, 0.29) is 55.6 Å². The van der Waals surface area contributed by atoms with Gasteiger partial charge >= 0.3 is 11.7 Å². The Labute approximate surface area is 288 Å². The molecule has 1 aromatic heterocycles. The summed E-state index contributed by atoms with van der Waals surface area (Å²) < 4.78 is 10.6. The Morgan fingerprint density at radius 3 is 2.32 bits per heavy atom. The number of carbonyl (C=O) groups excluding carboxylic acids is 5. The van der Waals surface area contributed by atoms with E-state index in [0.29, 0.717) is 10.9 Å². The van der Waals surface area contributed by atoms with E-state index >= 15 is 0 Å². The Kier molecular flexibility index (Phi) is 14.3. The molecule has 2 atom stereocenters. The highest BCUT2D eigenvalue weighted by Crippen LogP contribution is 2.23. The molecule has 0 radical (unpaired) electrons. The van der Waals surface area contributed by atoms with Gasteiger partial charge in [-0.3, -0.25) is 24.2 Å². The Hall–Kier alpha value is -5.93. The highest BCUT2D eigenvalue weighted by molar-refractivity contribution is 6.02. The number of ether oxygens (including phenoxy) is 1. The lowest BCUT2D eigenvalue weighted by Gasteiger charge is -2.25. The Morgan fingerprint density at radius 1 is 0.940 bits per heavy atom. The normalized spacial score (nSPS) is 12.0. The van der Waals surface area contributed by atoms with Crippen LogP contribution in [0.1, 0.15) is 44.2 Å². The van der Waals surface area contributed by atoms with Gasteiger partial charge in [-0.15, -0.1) is 0 Å². The molecule has 0 spiro atoms. The Bertz CT molecular complexity index is 1750. The van der Waals surface area contributed by atoms with Crippen LogP contribution >= 0.6 is 0 Å². The van der Waals surface area contributed by atoms with Crippen LogP contribution in [0.5, 0.6) is 0 Å². The predicted molar refractivity (Wildman–Crippen MR) is 187 cm³/mol. The number of alkyl carbamates (subject to hydrolysis) is 1. The van der Waals surface area contributed by atoms with Crippen molar-refractivity contribution in [1.82, 2.24) is 16.0 Å². The fourth-order valence-corrected chi connectivity index (χ4v) is 5.00. The van der Waals surface area contributed by atoms with Crippen LogP contribution in [0.2, 0.25) is 0 Å². The topological polar surface area (TPSA) is 255 Å². The van der Waals surface area contributed by atoms with E-state index in [2.05, 4.69) is 20.9 Å². The molecular weight excluding hydrogens is 648 g/mol. The minimum Gasteiger partial charge on any atom is -0.445 e. The third-order valence-electron chi connectivity index (χ3n) is 7.38. The first kappa shape index (κ1) is 38.5. The van der Waals surface area contributed by atoms with E-state index in [1.807, 2.05) is 19.9 Å². The number of fused-ring (bicyclic) bond motifs is 1. The molecule has 50 heavy (non-hydrogen) atoms. The molecule has 5 amide bonds. The summed E-state index contributed by atoms with van der Waals surface area (Å²) in [6.07, 6.45) is -0.225. The average Bonchev–Trinajstić information content (AvgIpc) is 3.05. The number of nitrogens with zero attached hydrogens (tertiary/aromatic N) is 2. The number of rotatable bonds is 17. The molecule has 0 aliphatic rings. The molecule has 0 saturated heterocycles. The summed E-state index contributed by atoms with van der Waals surface area (Å²) in [4.78, 5) is 81.7. The van der Waals surface area contributed by atoms with Crippen molar-refractivity contribution in [2.45, 2.75) is 58.7 Å². The molecule has 16 nitrogen and oxygen atoms in total. The van der Waals surface area contributed by atoms with Crippen LogP contribution in [-0.4, -0.2) is 67.4 Å². The summed E-state index contributed by atoms with van der Waals surface area (Å²) in [6, 6.07) is 12.7. The number of carbonyl (C=O) groups is 5. The van der Waals surface area contributed by atoms with Gasteiger partial charge in [-0.1, -0.05) is 44.2 Å². The zero-order chi connectivity index (χ0) is 36.8. The second-order valence-electron chi connectivity index (χ2n) is 12.0. The van der Waals surface area contributed by atoms with Crippen LogP contribution in [0.15, 0.2) is 68.8 Å². The summed E-state index contributed by atoms with van der Waals surface area (Å²) in [5, 5.41) is 8.37. The number of aryl methyl sites for hydroxylation is 1. The maximum absolute atomic E-state index is 13.5. The van der Waals surface area contributed by atoms with Gasteiger partial charge in [-0.25, -0.2) is 9.59 Å². The second-order valence-corrected chi connectivity index (χ2v) is 12.0. The van der Waals surface area contributed by atoms with E-state index in [0.717, 1.165) is 10.5 Å². The van der Waals surface area contributed by atoms with Crippen molar-refractivity contribution in [2.24, 2.45) is 28.1 Å². The minimum absolute atomic E-state index is 0.00733. The van der Waals surface area contributed by atoms with Crippen molar-refractivity contribution in [3.05, 3.63) is 76.1 Å². The molecule has 0 aliphatic carbocycles. The largest absolute Gasteiger partial charge is 0.445 e. The summed E-state index contributed by atoms with van der Waals surface area (Å²) in [6.45, 7) is 4.50.